The quantitative estimate of drug-likeness (QED) is 0.570. The van der Waals surface area contributed by atoms with Gasteiger partial charge in [-0.1, -0.05) is 51.9 Å². The molecule has 0 amide bonds. The van der Waals surface area contributed by atoms with E-state index in [-0.39, 0.29) is 6.42 Å². The van der Waals surface area contributed by atoms with Gasteiger partial charge < -0.3 is 5.11 Å². The lowest BCUT2D eigenvalue weighted by Crippen LogP contribution is -2.11. The summed E-state index contributed by atoms with van der Waals surface area (Å²) in [6.07, 6.45) is 7.94. The number of rotatable bonds is 10. The topological polar surface area (TPSA) is 57.2 Å². The summed E-state index contributed by atoms with van der Waals surface area (Å²) in [5, 5.41) is 19.4. The summed E-state index contributed by atoms with van der Waals surface area (Å²) in [6, 6.07) is 0. The Morgan fingerprint density at radius 1 is 1.07 bits per heavy atom. The van der Waals surface area contributed by atoms with Gasteiger partial charge in [0.2, 0.25) is 0 Å². The number of hydrogen-bond acceptors (Lipinski definition) is 2. The zero-order valence-corrected chi connectivity index (χ0v) is 9.71. The number of aliphatic hydroxyl groups is 1. The van der Waals surface area contributed by atoms with Crippen LogP contribution in [0.2, 0.25) is 0 Å². The molecule has 0 bridgehead atoms. The highest BCUT2D eigenvalue weighted by atomic mass is 16.4. The first kappa shape index (κ1) is 14.4. The molecule has 0 spiro atoms. The molecule has 1 radical (unpaired) electrons. The summed E-state index contributed by atoms with van der Waals surface area (Å²) in [5.74, 6) is -1.16. The second-order valence-corrected chi connectivity index (χ2v) is 4.14. The van der Waals surface area contributed by atoms with Crippen molar-refractivity contribution in [1.82, 2.24) is 0 Å². The van der Waals surface area contributed by atoms with Crippen LogP contribution in [-0.4, -0.2) is 17.2 Å². The minimum Gasteiger partial charge on any atom is -0.393 e. The molecule has 0 heterocycles. The fraction of sp³-hybridized carbons (Fsp3) is 0.917. The summed E-state index contributed by atoms with van der Waals surface area (Å²) in [4.78, 5) is 10.1. The van der Waals surface area contributed by atoms with E-state index in [2.05, 4.69) is 6.92 Å². The van der Waals surface area contributed by atoms with Gasteiger partial charge >= 0.3 is 5.97 Å². The van der Waals surface area contributed by atoms with Gasteiger partial charge in [-0.2, -0.15) is 0 Å². The number of carbonyl (C=O) groups is 1. The normalized spacial score (nSPS) is 12.7. The average Bonchev–Trinajstić information content (AvgIpc) is 2.15. The molecule has 0 fully saturated rings. The SMILES string of the molecule is CCCCCCCCC[C@@H](O)CC([O])=O. The van der Waals surface area contributed by atoms with Crippen LogP contribution in [0.25, 0.3) is 0 Å². The molecule has 15 heavy (non-hydrogen) atoms. The smallest absolute Gasteiger partial charge is 0.358 e. The van der Waals surface area contributed by atoms with Crippen LogP contribution >= 0.6 is 0 Å². The molecule has 0 saturated carbocycles. The lowest BCUT2D eigenvalue weighted by Gasteiger charge is -2.06. The van der Waals surface area contributed by atoms with Crippen LogP contribution in [0.4, 0.5) is 0 Å². The Hall–Kier alpha value is -0.570. The first-order valence-corrected chi connectivity index (χ1v) is 6.04. The Morgan fingerprint density at radius 3 is 2.13 bits per heavy atom. The van der Waals surface area contributed by atoms with Crippen LogP contribution in [0, 0.1) is 0 Å². The maximum atomic E-state index is 10.1. The minimum atomic E-state index is -1.16. The van der Waals surface area contributed by atoms with Gasteiger partial charge in [0, 0.05) is 0 Å². The van der Waals surface area contributed by atoms with Gasteiger partial charge in [-0.15, -0.1) is 0 Å². The van der Waals surface area contributed by atoms with Gasteiger partial charge in [-0.25, -0.2) is 9.90 Å². The Labute approximate surface area is 92.5 Å². The minimum absolute atomic E-state index is 0.226. The number of carbonyl (C=O) groups excluding carboxylic acids is 1. The molecule has 0 unspecified atom stereocenters. The zero-order chi connectivity index (χ0) is 11.5. The van der Waals surface area contributed by atoms with E-state index in [0.717, 1.165) is 12.8 Å². The first-order valence-electron chi connectivity index (χ1n) is 6.04. The zero-order valence-electron chi connectivity index (χ0n) is 9.71. The van der Waals surface area contributed by atoms with Gasteiger partial charge in [0.25, 0.3) is 0 Å². The Morgan fingerprint density at radius 2 is 1.60 bits per heavy atom. The molecule has 89 valence electrons. The predicted molar refractivity (Wildman–Crippen MR) is 58.9 cm³/mol. The van der Waals surface area contributed by atoms with E-state index in [9.17, 15) is 15.0 Å². The van der Waals surface area contributed by atoms with E-state index in [1.165, 1.54) is 32.1 Å². The second-order valence-electron chi connectivity index (χ2n) is 4.14. The van der Waals surface area contributed by atoms with Crippen molar-refractivity contribution in [3.05, 3.63) is 0 Å². The third-order valence-corrected chi connectivity index (χ3v) is 2.54. The summed E-state index contributed by atoms with van der Waals surface area (Å²) in [7, 11) is 0. The Bertz CT molecular complexity index is 157. The first-order chi connectivity index (χ1) is 7.16. The van der Waals surface area contributed by atoms with Crippen molar-refractivity contribution in [2.75, 3.05) is 0 Å². The van der Waals surface area contributed by atoms with Crippen molar-refractivity contribution in [3.63, 3.8) is 0 Å². The highest BCUT2D eigenvalue weighted by Crippen LogP contribution is 2.10. The van der Waals surface area contributed by atoms with E-state index in [1.54, 1.807) is 0 Å². The van der Waals surface area contributed by atoms with Crippen LogP contribution in [0.15, 0.2) is 0 Å². The van der Waals surface area contributed by atoms with E-state index in [4.69, 9.17) is 0 Å². The molecule has 0 aromatic heterocycles. The van der Waals surface area contributed by atoms with Crippen LogP contribution in [0.3, 0.4) is 0 Å². The van der Waals surface area contributed by atoms with Crippen LogP contribution in [0.5, 0.6) is 0 Å². The fourth-order valence-electron chi connectivity index (χ4n) is 1.63. The third kappa shape index (κ3) is 11.4. The van der Waals surface area contributed by atoms with Crippen molar-refractivity contribution < 1.29 is 15.0 Å². The average molecular weight is 215 g/mol. The molecule has 0 aromatic rings. The Kier molecular flexibility index (Phi) is 9.59. The maximum absolute atomic E-state index is 10.1. The lowest BCUT2D eigenvalue weighted by atomic mass is 10.1. The molecule has 0 aromatic carbocycles. The largest absolute Gasteiger partial charge is 0.393 e. The molecular weight excluding hydrogens is 192 g/mol. The van der Waals surface area contributed by atoms with Gasteiger partial charge in [0.1, 0.15) is 0 Å². The van der Waals surface area contributed by atoms with Crippen molar-refractivity contribution >= 4 is 5.97 Å². The van der Waals surface area contributed by atoms with Gasteiger partial charge in [-0.3, -0.25) is 0 Å². The summed E-state index contributed by atoms with van der Waals surface area (Å²) in [6.45, 7) is 2.19. The number of unbranched alkanes of at least 4 members (excludes halogenated alkanes) is 6. The van der Waals surface area contributed by atoms with E-state index >= 15 is 0 Å². The molecule has 0 saturated heterocycles. The predicted octanol–water partition coefficient (Wildman–Crippen LogP) is 2.84. The molecule has 3 nitrogen and oxygen atoms in total. The summed E-state index contributed by atoms with van der Waals surface area (Å²) in [5.41, 5.74) is 0. The Balaban J connectivity index is 3.13. The van der Waals surface area contributed by atoms with Crippen molar-refractivity contribution in [1.29, 1.82) is 0 Å². The van der Waals surface area contributed by atoms with E-state index in [0.29, 0.717) is 6.42 Å². The van der Waals surface area contributed by atoms with E-state index in [1.807, 2.05) is 0 Å². The molecule has 1 atom stereocenters. The van der Waals surface area contributed by atoms with Crippen molar-refractivity contribution in [3.8, 4) is 0 Å². The second kappa shape index (κ2) is 9.97. The van der Waals surface area contributed by atoms with Gasteiger partial charge in [0.05, 0.1) is 12.5 Å². The van der Waals surface area contributed by atoms with Crippen molar-refractivity contribution in [2.45, 2.75) is 70.8 Å². The maximum Gasteiger partial charge on any atom is 0.358 e. The molecule has 0 aliphatic rings. The van der Waals surface area contributed by atoms with Crippen molar-refractivity contribution in [2.24, 2.45) is 0 Å². The van der Waals surface area contributed by atoms with Crippen LogP contribution < -0.4 is 0 Å². The standard InChI is InChI=1S/C12H23O3/c1-2-3-4-5-6-7-8-9-11(13)10-12(14)15/h11,13H,2-10H2,1H3/t11-/m1/s1. The molecule has 3 heteroatoms. The fourth-order valence-corrected chi connectivity index (χ4v) is 1.63. The summed E-state index contributed by atoms with van der Waals surface area (Å²) >= 11 is 0. The monoisotopic (exact) mass is 215 g/mol. The summed E-state index contributed by atoms with van der Waals surface area (Å²) < 4.78 is 0. The van der Waals surface area contributed by atoms with Gasteiger partial charge in [-0.05, 0) is 6.42 Å². The molecule has 1 N–H and O–H groups in total. The molecule has 0 aliphatic heterocycles. The van der Waals surface area contributed by atoms with E-state index < -0.39 is 12.1 Å². The molecular formula is C12H23O3. The van der Waals surface area contributed by atoms with Crippen LogP contribution in [0.1, 0.15) is 64.7 Å². The lowest BCUT2D eigenvalue weighted by molar-refractivity contribution is -0.145. The molecule has 0 rings (SSSR count). The number of aliphatic hydroxyl groups excluding tert-OH is 1. The molecule has 0 aliphatic carbocycles. The third-order valence-electron chi connectivity index (χ3n) is 2.54. The number of hydrogen-bond donors (Lipinski definition) is 1. The van der Waals surface area contributed by atoms with Gasteiger partial charge in [0.15, 0.2) is 0 Å². The highest BCUT2D eigenvalue weighted by molar-refractivity contribution is 5.66. The van der Waals surface area contributed by atoms with Crippen LogP contribution in [-0.2, 0) is 9.90 Å². The highest BCUT2D eigenvalue weighted by Gasteiger charge is 2.09.